The fourth-order valence-corrected chi connectivity index (χ4v) is 3.94. The number of ether oxygens (including phenoxy) is 1. The Morgan fingerprint density at radius 1 is 1.06 bits per heavy atom. The molecule has 2 aromatic carbocycles. The van der Waals surface area contributed by atoms with Gasteiger partial charge in [-0.15, -0.1) is 0 Å². The fraction of sp³-hybridized carbons (Fsp3) is 0.240. The minimum absolute atomic E-state index is 0.256. The first-order valence-corrected chi connectivity index (χ1v) is 10.5. The van der Waals surface area contributed by atoms with Crippen molar-refractivity contribution in [1.82, 2.24) is 0 Å². The highest BCUT2D eigenvalue weighted by Gasteiger charge is 2.30. The number of amides is 1. The average molecular weight is 431 g/mol. The minimum atomic E-state index is -0.503. The molecule has 0 bridgehead atoms. The van der Waals surface area contributed by atoms with Crippen molar-refractivity contribution >= 4 is 29.0 Å². The van der Waals surface area contributed by atoms with Crippen LogP contribution in [0.15, 0.2) is 64.1 Å². The Labute approximate surface area is 186 Å². The molecule has 1 aliphatic rings. The zero-order valence-corrected chi connectivity index (χ0v) is 18.3. The monoisotopic (exact) mass is 431 g/mol. The molecule has 7 heteroatoms. The van der Waals surface area contributed by atoms with Gasteiger partial charge in [-0.05, 0) is 44.0 Å². The number of anilines is 2. The molecule has 4 rings (SSSR count). The lowest BCUT2D eigenvalue weighted by Gasteiger charge is -2.19. The number of fused-ring (bicyclic) bond motifs is 1. The highest BCUT2D eigenvalue weighted by atomic mass is 16.5. The van der Waals surface area contributed by atoms with Crippen LogP contribution in [-0.4, -0.2) is 31.7 Å². The number of carbonyl (C=O) groups excluding carboxylic acids is 2. The first kappa shape index (κ1) is 21.4. The third-order valence-corrected chi connectivity index (χ3v) is 5.59. The van der Waals surface area contributed by atoms with Crippen LogP contribution in [0.1, 0.15) is 50.6 Å². The summed E-state index contributed by atoms with van der Waals surface area (Å²) in [7, 11) is 2.94. The van der Waals surface area contributed by atoms with Crippen LogP contribution in [0.5, 0.6) is 0 Å². The molecule has 0 saturated carbocycles. The fourth-order valence-electron chi connectivity index (χ4n) is 3.94. The Balaban J connectivity index is 1.66. The van der Waals surface area contributed by atoms with Gasteiger partial charge in [0.2, 0.25) is 0 Å². The van der Waals surface area contributed by atoms with E-state index in [-0.39, 0.29) is 11.7 Å². The molecule has 1 amide bonds. The number of carbonyl (C=O) groups is 2. The molecule has 0 radical (unpaired) electrons. The molecule has 164 valence electrons. The number of aryl methyl sites for hydroxylation is 1. The van der Waals surface area contributed by atoms with Crippen molar-refractivity contribution in [3.05, 3.63) is 82.8 Å². The maximum absolute atomic E-state index is 13.4. The third kappa shape index (κ3) is 4.01. The lowest BCUT2D eigenvalue weighted by Crippen LogP contribution is -2.28. The molecule has 0 unspecified atom stereocenters. The summed E-state index contributed by atoms with van der Waals surface area (Å²) in [4.78, 5) is 26.9. The summed E-state index contributed by atoms with van der Waals surface area (Å²) in [6, 6.07) is 16.6. The van der Waals surface area contributed by atoms with E-state index in [0.717, 1.165) is 47.5 Å². The number of furan rings is 1. The van der Waals surface area contributed by atoms with Crippen LogP contribution >= 0.6 is 0 Å². The zero-order chi connectivity index (χ0) is 22.7. The van der Waals surface area contributed by atoms with E-state index in [1.165, 1.54) is 12.0 Å². The third-order valence-electron chi connectivity index (χ3n) is 5.59. The number of esters is 1. The van der Waals surface area contributed by atoms with Crippen LogP contribution < -0.4 is 10.3 Å². The van der Waals surface area contributed by atoms with Gasteiger partial charge in [0.1, 0.15) is 5.76 Å². The summed E-state index contributed by atoms with van der Waals surface area (Å²) in [5.41, 5.74) is 7.26. The van der Waals surface area contributed by atoms with Crippen LogP contribution in [0, 0.1) is 6.92 Å². The molecule has 1 aliphatic carbocycles. The van der Waals surface area contributed by atoms with Gasteiger partial charge in [-0.3, -0.25) is 10.2 Å². The summed E-state index contributed by atoms with van der Waals surface area (Å²) in [6.07, 6.45) is 2.43. The summed E-state index contributed by atoms with van der Waals surface area (Å²) in [5, 5.41) is 4.60. The molecular formula is C25H25N3O4. The summed E-state index contributed by atoms with van der Waals surface area (Å²) >= 11 is 0. The van der Waals surface area contributed by atoms with Crippen molar-refractivity contribution in [3.8, 4) is 0 Å². The van der Waals surface area contributed by atoms with Gasteiger partial charge in [-0.2, -0.15) is 5.10 Å². The van der Waals surface area contributed by atoms with Gasteiger partial charge in [-0.1, -0.05) is 30.3 Å². The number of hydrazone groups is 1. The van der Waals surface area contributed by atoms with Crippen molar-refractivity contribution in [2.75, 3.05) is 24.5 Å². The van der Waals surface area contributed by atoms with E-state index in [4.69, 9.17) is 9.15 Å². The van der Waals surface area contributed by atoms with Crippen molar-refractivity contribution in [1.29, 1.82) is 0 Å². The lowest BCUT2D eigenvalue weighted by atomic mass is 9.93. The number of nitrogens with zero attached hydrogens (tertiary/aromatic N) is 2. The Morgan fingerprint density at radius 3 is 2.53 bits per heavy atom. The van der Waals surface area contributed by atoms with Crippen LogP contribution in [0.4, 0.5) is 11.4 Å². The SMILES string of the molecule is COC(=O)c1ccccc1N(C)C(=O)c1oc2c(c1C)/C(=N/Nc1ccccc1)CCC2. The van der Waals surface area contributed by atoms with Gasteiger partial charge < -0.3 is 14.1 Å². The molecule has 0 fully saturated rings. The average Bonchev–Trinajstić information content (AvgIpc) is 3.19. The Hall–Kier alpha value is -3.87. The Kier molecular flexibility index (Phi) is 6.07. The minimum Gasteiger partial charge on any atom is -0.465 e. The topological polar surface area (TPSA) is 84.1 Å². The zero-order valence-electron chi connectivity index (χ0n) is 18.3. The number of methoxy groups -OCH3 is 1. The van der Waals surface area contributed by atoms with E-state index in [1.807, 2.05) is 37.3 Å². The van der Waals surface area contributed by atoms with Crippen molar-refractivity contribution in [2.24, 2.45) is 5.10 Å². The van der Waals surface area contributed by atoms with Crippen molar-refractivity contribution in [3.63, 3.8) is 0 Å². The smallest absolute Gasteiger partial charge is 0.339 e. The molecular weight excluding hydrogens is 406 g/mol. The van der Waals surface area contributed by atoms with Gasteiger partial charge in [0, 0.05) is 24.6 Å². The Morgan fingerprint density at radius 2 is 1.78 bits per heavy atom. The number of benzene rings is 2. The molecule has 3 aromatic rings. The summed E-state index contributed by atoms with van der Waals surface area (Å²) in [6.45, 7) is 1.87. The molecule has 0 atom stereocenters. The van der Waals surface area contributed by atoms with E-state index in [1.54, 1.807) is 31.3 Å². The number of rotatable bonds is 5. The molecule has 1 heterocycles. The van der Waals surface area contributed by atoms with E-state index < -0.39 is 5.97 Å². The molecule has 32 heavy (non-hydrogen) atoms. The first-order valence-electron chi connectivity index (χ1n) is 10.5. The summed E-state index contributed by atoms with van der Waals surface area (Å²) < 4.78 is 10.9. The molecule has 0 spiro atoms. The summed E-state index contributed by atoms with van der Waals surface area (Å²) in [5.74, 6) is 0.188. The second-order valence-corrected chi connectivity index (χ2v) is 7.62. The normalized spacial score (nSPS) is 14.0. The number of hydrogen-bond acceptors (Lipinski definition) is 6. The van der Waals surface area contributed by atoms with E-state index in [0.29, 0.717) is 11.3 Å². The molecule has 1 N–H and O–H groups in total. The maximum atomic E-state index is 13.4. The van der Waals surface area contributed by atoms with Crippen LogP contribution in [0.2, 0.25) is 0 Å². The van der Waals surface area contributed by atoms with E-state index in [2.05, 4.69) is 10.5 Å². The Bertz CT molecular complexity index is 1180. The van der Waals surface area contributed by atoms with E-state index in [9.17, 15) is 9.59 Å². The quantitative estimate of drug-likeness (QED) is 0.463. The molecule has 7 nitrogen and oxygen atoms in total. The van der Waals surface area contributed by atoms with Crippen LogP contribution in [0.25, 0.3) is 0 Å². The van der Waals surface area contributed by atoms with Gasteiger partial charge in [0.05, 0.1) is 29.8 Å². The van der Waals surface area contributed by atoms with Crippen molar-refractivity contribution in [2.45, 2.75) is 26.2 Å². The standard InChI is InChI=1S/C25H25N3O4/c1-16-22-19(27-26-17-10-5-4-6-11-17)13-9-15-21(22)32-23(16)24(29)28(2)20-14-8-7-12-18(20)25(30)31-3/h4-8,10-12,14,26H,9,13,15H2,1-3H3/b27-19+. The lowest BCUT2D eigenvalue weighted by molar-refractivity contribution is 0.0601. The highest BCUT2D eigenvalue weighted by molar-refractivity contribution is 6.11. The van der Waals surface area contributed by atoms with Gasteiger partial charge >= 0.3 is 5.97 Å². The van der Waals surface area contributed by atoms with Crippen molar-refractivity contribution < 1.29 is 18.7 Å². The first-order chi connectivity index (χ1) is 15.5. The molecule has 0 saturated heterocycles. The second kappa shape index (κ2) is 9.09. The second-order valence-electron chi connectivity index (χ2n) is 7.62. The predicted molar refractivity (Wildman–Crippen MR) is 123 cm³/mol. The van der Waals surface area contributed by atoms with Crippen LogP contribution in [-0.2, 0) is 11.2 Å². The number of para-hydroxylation sites is 2. The largest absolute Gasteiger partial charge is 0.465 e. The van der Waals surface area contributed by atoms with E-state index >= 15 is 0 Å². The van der Waals surface area contributed by atoms with Gasteiger partial charge in [0.25, 0.3) is 5.91 Å². The highest BCUT2D eigenvalue weighted by Crippen LogP contribution is 2.32. The maximum Gasteiger partial charge on any atom is 0.339 e. The predicted octanol–water partition coefficient (Wildman–Crippen LogP) is 4.80. The van der Waals surface area contributed by atoms with Gasteiger partial charge in [-0.25, -0.2) is 4.79 Å². The van der Waals surface area contributed by atoms with Crippen LogP contribution in [0.3, 0.4) is 0 Å². The number of hydrogen-bond donors (Lipinski definition) is 1. The van der Waals surface area contributed by atoms with Gasteiger partial charge in [0.15, 0.2) is 5.76 Å². The molecule has 1 aromatic heterocycles. The molecule has 0 aliphatic heterocycles. The number of nitrogens with one attached hydrogen (secondary N) is 1.